The molecule has 1 saturated carbocycles. The number of rotatable bonds is 5. The molecule has 0 unspecified atom stereocenters. The Morgan fingerprint density at radius 2 is 1.70 bits per heavy atom. The van der Waals surface area contributed by atoms with Crippen molar-refractivity contribution < 1.29 is 13.2 Å². The highest BCUT2D eigenvalue weighted by atomic mass is 32.2. The van der Waals surface area contributed by atoms with Crippen LogP contribution in [0.15, 0.2) is 0 Å². The lowest BCUT2D eigenvalue weighted by atomic mass is 9.99. The normalized spacial score (nSPS) is 29.2. The predicted molar refractivity (Wildman–Crippen MR) is 91.0 cm³/mol. The first-order valence-corrected chi connectivity index (χ1v) is 11.1. The number of piperidine rings is 1. The number of nitrogens with one attached hydrogen (secondary N) is 1. The maximum absolute atomic E-state index is 12.3. The van der Waals surface area contributed by atoms with Crippen molar-refractivity contribution in [2.45, 2.75) is 69.9 Å². The Kier molecular flexibility index (Phi) is 5.62. The molecule has 0 aromatic rings. The molecular formula is C17H30N2O3S. The van der Waals surface area contributed by atoms with Crippen molar-refractivity contribution >= 4 is 15.7 Å². The van der Waals surface area contributed by atoms with Crippen molar-refractivity contribution in [3.63, 3.8) is 0 Å². The second-order valence-corrected chi connectivity index (χ2v) is 9.84. The van der Waals surface area contributed by atoms with E-state index in [1.807, 2.05) is 4.90 Å². The lowest BCUT2D eigenvalue weighted by molar-refractivity contribution is -0.132. The van der Waals surface area contributed by atoms with Crippen LogP contribution in [0, 0.1) is 5.92 Å². The molecule has 0 spiro atoms. The van der Waals surface area contributed by atoms with E-state index in [9.17, 15) is 13.2 Å². The van der Waals surface area contributed by atoms with E-state index >= 15 is 0 Å². The summed E-state index contributed by atoms with van der Waals surface area (Å²) in [4.78, 5) is 14.3. The third-order valence-electron chi connectivity index (χ3n) is 5.79. The Morgan fingerprint density at radius 1 is 1.00 bits per heavy atom. The van der Waals surface area contributed by atoms with Crippen LogP contribution in [0.3, 0.4) is 0 Å². The van der Waals surface area contributed by atoms with Gasteiger partial charge in [0.05, 0.1) is 11.5 Å². The molecule has 1 aliphatic carbocycles. The number of sulfone groups is 1. The van der Waals surface area contributed by atoms with Crippen LogP contribution in [0.5, 0.6) is 0 Å². The molecule has 3 aliphatic rings. The average molecular weight is 343 g/mol. The van der Waals surface area contributed by atoms with Gasteiger partial charge in [0.2, 0.25) is 5.91 Å². The van der Waals surface area contributed by atoms with E-state index in [2.05, 4.69) is 5.32 Å². The highest BCUT2D eigenvalue weighted by Crippen LogP contribution is 2.29. The fourth-order valence-electron chi connectivity index (χ4n) is 4.34. The van der Waals surface area contributed by atoms with E-state index in [1.54, 1.807) is 0 Å². The van der Waals surface area contributed by atoms with Crippen molar-refractivity contribution in [2.24, 2.45) is 5.92 Å². The summed E-state index contributed by atoms with van der Waals surface area (Å²) in [5.41, 5.74) is 0. The third kappa shape index (κ3) is 4.92. The maximum atomic E-state index is 12.3. The molecule has 0 aromatic carbocycles. The minimum Gasteiger partial charge on any atom is -0.343 e. The van der Waals surface area contributed by atoms with Crippen molar-refractivity contribution in [1.29, 1.82) is 0 Å². The van der Waals surface area contributed by atoms with Gasteiger partial charge in [-0.05, 0) is 31.6 Å². The zero-order valence-corrected chi connectivity index (χ0v) is 14.8. The van der Waals surface area contributed by atoms with Gasteiger partial charge < -0.3 is 10.2 Å². The Bertz CT molecular complexity index is 506. The van der Waals surface area contributed by atoms with Crippen molar-refractivity contribution in [3.8, 4) is 0 Å². The minimum absolute atomic E-state index is 0.120. The van der Waals surface area contributed by atoms with Crippen LogP contribution in [0.4, 0.5) is 0 Å². The zero-order chi connectivity index (χ0) is 16.3. The monoisotopic (exact) mass is 342 g/mol. The van der Waals surface area contributed by atoms with Crippen molar-refractivity contribution in [1.82, 2.24) is 10.2 Å². The Labute approximate surface area is 140 Å². The molecule has 1 N–H and O–H groups in total. The van der Waals surface area contributed by atoms with Gasteiger partial charge in [0, 0.05) is 31.6 Å². The molecule has 0 bridgehead atoms. The first-order chi connectivity index (χ1) is 11.0. The second-order valence-electron chi connectivity index (χ2n) is 7.61. The van der Waals surface area contributed by atoms with Crippen molar-refractivity contribution in [2.75, 3.05) is 24.6 Å². The quantitative estimate of drug-likeness (QED) is 0.826. The molecule has 5 nitrogen and oxygen atoms in total. The van der Waals surface area contributed by atoms with Gasteiger partial charge in [-0.2, -0.15) is 0 Å². The largest absolute Gasteiger partial charge is 0.343 e. The summed E-state index contributed by atoms with van der Waals surface area (Å²) in [6, 6.07) is 0.488. The molecule has 1 atom stereocenters. The summed E-state index contributed by atoms with van der Waals surface area (Å²) in [5, 5.41) is 3.49. The van der Waals surface area contributed by atoms with Crippen LogP contribution in [0.1, 0.15) is 57.8 Å². The lowest BCUT2D eigenvalue weighted by Crippen LogP contribution is -2.48. The van der Waals surface area contributed by atoms with E-state index in [1.165, 1.54) is 25.7 Å². The van der Waals surface area contributed by atoms with Crippen LogP contribution < -0.4 is 5.32 Å². The summed E-state index contributed by atoms with van der Waals surface area (Å²) in [5.74, 6) is 1.71. The molecule has 23 heavy (non-hydrogen) atoms. The highest BCUT2D eigenvalue weighted by molar-refractivity contribution is 7.91. The van der Waals surface area contributed by atoms with Gasteiger partial charge >= 0.3 is 0 Å². The maximum Gasteiger partial charge on any atom is 0.222 e. The zero-order valence-electron chi connectivity index (χ0n) is 14.0. The minimum atomic E-state index is -2.81. The number of carbonyl (C=O) groups excluding carboxylic acids is 1. The standard InChI is InChI=1S/C17H30N2O3S/c20-17(6-5-14-3-1-2-4-14)19-10-7-15(8-11-19)18-16-9-12-23(21,22)13-16/h14-16,18H,1-13H2/t16-/m0/s1. The molecule has 3 fully saturated rings. The first kappa shape index (κ1) is 17.2. The smallest absolute Gasteiger partial charge is 0.222 e. The van der Waals surface area contributed by atoms with Gasteiger partial charge in [-0.1, -0.05) is 25.7 Å². The first-order valence-electron chi connectivity index (χ1n) is 9.26. The third-order valence-corrected chi connectivity index (χ3v) is 7.56. The van der Waals surface area contributed by atoms with Crippen molar-refractivity contribution in [3.05, 3.63) is 0 Å². The summed E-state index contributed by atoms with van der Waals surface area (Å²) in [6.45, 7) is 1.64. The Balaban J connectivity index is 1.35. The lowest BCUT2D eigenvalue weighted by Gasteiger charge is -2.34. The van der Waals surface area contributed by atoms with Gasteiger partial charge in [-0.25, -0.2) is 8.42 Å². The highest BCUT2D eigenvalue weighted by Gasteiger charge is 2.31. The van der Waals surface area contributed by atoms with Crippen LogP contribution >= 0.6 is 0 Å². The topological polar surface area (TPSA) is 66.5 Å². The summed E-state index contributed by atoms with van der Waals surface area (Å²) >= 11 is 0. The predicted octanol–water partition coefficient (Wildman–Crippen LogP) is 1.72. The molecule has 2 aliphatic heterocycles. The van der Waals surface area contributed by atoms with Crippen LogP contribution in [-0.2, 0) is 14.6 Å². The van der Waals surface area contributed by atoms with E-state index in [0.717, 1.165) is 44.7 Å². The molecule has 3 rings (SSSR count). The molecule has 2 saturated heterocycles. The van der Waals surface area contributed by atoms with E-state index in [0.29, 0.717) is 24.1 Å². The molecule has 132 valence electrons. The second kappa shape index (κ2) is 7.51. The Morgan fingerprint density at radius 3 is 2.30 bits per heavy atom. The molecule has 1 amide bonds. The molecule has 0 radical (unpaired) electrons. The number of hydrogen-bond acceptors (Lipinski definition) is 4. The Hall–Kier alpha value is -0.620. The van der Waals surface area contributed by atoms with E-state index < -0.39 is 9.84 Å². The molecule has 2 heterocycles. The van der Waals surface area contributed by atoms with Gasteiger partial charge in [-0.3, -0.25) is 4.79 Å². The summed E-state index contributed by atoms with van der Waals surface area (Å²) in [6.07, 6.45) is 9.72. The van der Waals surface area contributed by atoms with E-state index in [-0.39, 0.29) is 11.8 Å². The number of nitrogens with zero attached hydrogens (tertiary/aromatic N) is 1. The fourth-order valence-corrected chi connectivity index (χ4v) is 6.03. The number of carbonyl (C=O) groups is 1. The van der Waals surface area contributed by atoms with Crippen LogP contribution in [0.25, 0.3) is 0 Å². The van der Waals surface area contributed by atoms with Gasteiger partial charge in [0.25, 0.3) is 0 Å². The molecular weight excluding hydrogens is 312 g/mol. The SMILES string of the molecule is O=C(CCC1CCCC1)N1CCC(N[C@H]2CCS(=O)(=O)C2)CC1. The van der Waals surface area contributed by atoms with E-state index in [4.69, 9.17) is 0 Å². The van der Waals surface area contributed by atoms with Crippen LogP contribution in [0.2, 0.25) is 0 Å². The van der Waals surface area contributed by atoms with Gasteiger partial charge in [0.15, 0.2) is 9.84 Å². The number of amides is 1. The molecule has 6 heteroatoms. The average Bonchev–Trinajstić information content (AvgIpc) is 3.15. The van der Waals surface area contributed by atoms with Gasteiger partial charge in [-0.15, -0.1) is 0 Å². The number of likely N-dealkylation sites (tertiary alicyclic amines) is 1. The van der Waals surface area contributed by atoms with Gasteiger partial charge in [0.1, 0.15) is 0 Å². The molecule has 0 aromatic heterocycles. The van der Waals surface area contributed by atoms with Crippen LogP contribution in [-0.4, -0.2) is 55.9 Å². The number of hydrogen-bond donors (Lipinski definition) is 1. The summed E-state index contributed by atoms with van der Waals surface area (Å²) in [7, 11) is -2.81. The summed E-state index contributed by atoms with van der Waals surface area (Å²) < 4.78 is 23.0. The fraction of sp³-hybridized carbons (Fsp3) is 0.941.